The number of aromatic amines is 6. The lowest BCUT2D eigenvalue weighted by Crippen LogP contribution is -2.15. The topological polar surface area (TPSA) is 359 Å². The first-order valence-corrected chi connectivity index (χ1v) is 28.4. The Bertz CT molecular complexity index is 4730. The van der Waals surface area contributed by atoms with Crippen molar-refractivity contribution in [2.75, 3.05) is 11.5 Å². The van der Waals surface area contributed by atoms with Crippen LogP contribution in [0.2, 0.25) is 0 Å². The molecule has 0 saturated heterocycles. The van der Waals surface area contributed by atoms with E-state index in [0.717, 1.165) is 68.0 Å². The van der Waals surface area contributed by atoms with Gasteiger partial charge in [0.15, 0.2) is 19.9 Å². The predicted octanol–water partition coefficient (Wildman–Crippen LogP) is 11.2. The summed E-state index contributed by atoms with van der Waals surface area (Å²) >= 11 is 11.7. The molecule has 0 spiro atoms. The number of carboxylic acids is 2. The number of thioether (sulfide) groups is 2. The van der Waals surface area contributed by atoms with E-state index < -0.39 is 34.2 Å². The van der Waals surface area contributed by atoms with Gasteiger partial charge in [0.2, 0.25) is 0 Å². The van der Waals surface area contributed by atoms with Gasteiger partial charge in [-0.1, -0.05) is 192 Å². The number of nitrogens with zero attached hydrogens (tertiary/aromatic N) is 6. The van der Waals surface area contributed by atoms with Crippen LogP contribution in [0.1, 0.15) is 38.9 Å². The van der Waals surface area contributed by atoms with Crippen molar-refractivity contribution in [3.8, 4) is 91.6 Å². The van der Waals surface area contributed by atoms with Crippen LogP contribution in [0.25, 0.3) is 67.3 Å². The number of rotatable bonds is 12. The molecule has 0 saturated carbocycles. The van der Waals surface area contributed by atoms with E-state index in [2.05, 4.69) is 64.1 Å². The van der Waals surface area contributed by atoms with Gasteiger partial charge in [0, 0.05) is 11.1 Å². The molecular weight excluding hydrogens is 1180 g/mol. The van der Waals surface area contributed by atoms with Gasteiger partial charge >= 0.3 is 11.9 Å². The molecule has 430 valence electrons. The highest BCUT2D eigenvalue weighted by Crippen LogP contribution is 2.28. The highest BCUT2D eigenvalue weighted by molar-refractivity contribution is 8.00. The van der Waals surface area contributed by atoms with Crippen LogP contribution in [-0.2, 0) is 9.59 Å². The van der Waals surface area contributed by atoms with Crippen LogP contribution in [0.5, 0.6) is 0 Å². The Labute approximate surface area is 513 Å². The smallest absolute Gasteiger partial charge is 0.313 e. The summed E-state index contributed by atoms with van der Waals surface area (Å²) in [5, 5.41) is 54.4. The van der Waals surface area contributed by atoms with Crippen molar-refractivity contribution >= 4 is 59.9 Å². The zero-order valence-electron chi connectivity index (χ0n) is 46.0. The number of carboxylic acid groups (broad SMARTS) is 2. The third-order valence-electron chi connectivity index (χ3n) is 12.3. The Morgan fingerprint density at radius 2 is 0.678 bits per heavy atom. The maximum atomic E-state index is 12.1. The fourth-order valence-corrected chi connectivity index (χ4v) is 9.56. The van der Waals surface area contributed by atoms with Crippen molar-refractivity contribution in [3.63, 3.8) is 0 Å². The predicted molar refractivity (Wildman–Crippen MR) is 337 cm³/mol. The molecule has 20 nitrogen and oxygen atoms in total. The molecule has 0 fully saturated rings. The van der Waals surface area contributed by atoms with E-state index in [1.165, 1.54) is 5.56 Å². The molecule has 0 bridgehead atoms. The summed E-state index contributed by atoms with van der Waals surface area (Å²) in [6.07, 6.45) is 0. The summed E-state index contributed by atoms with van der Waals surface area (Å²) in [7, 11) is 0. The minimum absolute atomic E-state index is 0.0293. The molecule has 87 heavy (non-hydrogen) atoms. The van der Waals surface area contributed by atoms with Crippen LogP contribution in [0.15, 0.2) is 181 Å². The van der Waals surface area contributed by atoms with E-state index in [-0.39, 0.29) is 65.0 Å². The molecule has 0 radical (unpaired) electrons. The Morgan fingerprint density at radius 3 is 1.01 bits per heavy atom. The fourth-order valence-electron chi connectivity index (χ4n) is 8.00. The van der Waals surface area contributed by atoms with Crippen molar-refractivity contribution in [1.29, 1.82) is 21.0 Å². The lowest BCUT2D eigenvalue weighted by molar-refractivity contribution is -0.134. The molecule has 10 aromatic rings. The highest BCUT2D eigenvalue weighted by Gasteiger charge is 2.17. The quantitative estimate of drug-likeness (QED) is 0.0320. The van der Waals surface area contributed by atoms with Gasteiger partial charge in [0.25, 0.3) is 22.2 Å². The molecule has 0 aliphatic heterocycles. The Morgan fingerprint density at radius 1 is 0.402 bits per heavy atom. The average Bonchev–Trinajstić information content (AvgIpc) is 3.69. The van der Waals surface area contributed by atoms with Crippen molar-refractivity contribution in [2.45, 2.75) is 31.1 Å². The van der Waals surface area contributed by atoms with E-state index in [1.807, 2.05) is 148 Å². The van der Waals surface area contributed by atoms with Gasteiger partial charge in [-0.2, -0.15) is 21.0 Å². The summed E-state index contributed by atoms with van der Waals surface area (Å²) in [4.78, 5) is 92.6. The molecule has 0 aliphatic rings. The van der Waals surface area contributed by atoms with Gasteiger partial charge in [-0.05, 0) is 78.6 Å². The molecule has 4 heterocycles. The molecule has 0 atom stereocenters. The fraction of sp³-hybridized carbons (Fsp3) is 0.0794. The molecular formula is C63H46N12O8S4. The second-order valence-corrected chi connectivity index (χ2v) is 21.2. The third-order valence-corrected chi connectivity index (χ3v) is 14.4. The molecule has 0 aliphatic carbocycles. The highest BCUT2D eigenvalue weighted by atomic mass is 32.2. The second kappa shape index (κ2) is 29.9. The molecule has 24 heteroatoms. The van der Waals surface area contributed by atoms with Crippen LogP contribution in [0.3, 0.4) is 0 Å². The first-order valence-electron chi connectivity index (χ1n) is 25.6. The van der Waals surface area contributed by atoms with E-state index in [4.69, 9.17) is 45.2 Å². The number of aryl methyl sites for hydroxylation is 3. The number of carbonyl (C=O) groups is 2. The Hall–Kier alpha value is -11.1. The van der Waals surface area contributed by atoms with E-state index in [1.54, 1.807) is 24.3 Å². The minimum Gasteiger partial charge on any atom is -0.481 e. The normalized spacial score (nSPS) is 10.1. The average molecular weight is 1230 g/mol. The number of H-pyrrole nitrogens is 6. The van der Waals surface area contributed by atoms with Crippen LogP contribution >= 0.6 is 48.0 Å². The molecule has 0 unspecified atom stereocenters. The lowest BCUT2D eigenvalue weighted by atomic mass is 10.0. The zero-order valence-corrected chi connectivity index (χ0v) is 49.3. The first kappa shape index (κ1) is 63.5. The molecule has 10 rings (SSSR count). The van der Waals surface area contributed by atoms with E-state index >= 15 is 0 Å². The largest absolute Gasteiger partial charge is 0.481 e. The van der Waals surface area contributed by atoms with Crippen LogP contribution in [-0.4, -0.2) is 73.5 Å². The number of aromatic nitrogens is 8. The van der Waals surface area contributed by atoms with Crippen molar-refractivity contribution in [2.24, 2.45) is 0 Å². The molecule has 6 aromatic carbocycles. The molecule has 4 aromatic heterocycles. The lowest BCUT2D eigenvalue weighted by Gasteiger charge is -2.07. The van der Waals surface area contributed by atoms with E-state index in [0.29, 0.717) is 22.5 Å². The Kier molecular flexibility index (Phi) is 21.8. The minimum atomic E-state index is -1.02. The third kappa shape index (κ3) is 17.0. The number of nitrogens with one attached hydrogen (secondary N) is 6. The first-order chi connectivity index (χ1) is 41.8. The maximum absolute atomic E-state index is 12.1. The van der Waals surface area contributed by atoms with Gasteiger partial charge in [-0.3, -0.25) is 38.7 Å². The van der Waals surface area contributed by atoms with Gasteiger partial charge in [-0.15, -0.1) is 0 Å². The zero-order chi connectivity index (χ0) is 62.7. The van der Waals surface area contributed by atoms with Crippen molar-refractivity contribution < 1.29 is 19.8 Å². The standard InChI is InChI=1S/C19H13N3O3S.C18H13N3OS.C14H11N3O3S.C12H9N3OS/c20-10-15-17(21-19(22-18(15)25)26-11-16(23)24)14-8-6-13(7-9-14)12-4-2-1-3-5-12;1-11-2-4-12(5-3-11)13-6-8-14(9-7-13)16-15(10-19)17(22)21-18(23)20-16;1-8-2-4-9(5-3-8)12-10(6-15)13(20)17-14(16-12)21-7-11(18)19;1-7-2-4-8(5-3-7)10-9(6-13)11(16)15-12(17)14-10/h1-9H,11H2,(H,23,24)(H,21,22,25);2-9H,1H3,(H2,20,21,22,23);2-5H,7H2,1H3,(H,18,19)(H,16,17,20);2-5H,1H3,(H2,14,15,16,17). The van der Waals surface area contributed by atoms with Crippen molar-refractivity contribution in [1.82, 2.24) is 39.9 Å². The second-order valence-electron chi connectivity index (χ2n) is 18.4. The van der Waals surface area contributed by atoms with Gasteiger partial charge < -0.3 is 30.1 Å². The number of hydrogen-bond acceptors (Lipinski definition) is 16. The molecule has 0 amide bonds. The van der Waals surface area contributed by atoms with E-state index in [9.17, 15) is 39.3 Å². The number of nitriles is 4. The summed E-state index contributed by atoms with van der Waals surface area (Å²) < 4.78 is 0.413. The number of aliphatic carboxylic acids is 2. The van der Waals surface area contributed by atoms with Crippen LogP contribution in [0.4, 0.5) is 0 Å². The number of benzene rings is 6. The van der Waals surface area contributed by atoms with Crippen LogP contribution in [0, 0.1) is 75.6 Å². The SMILES string of the molecule is Cc1ccc(-c2[nH]c(=S)[nH]c(=O)c2C#N)cc1.Cc1ccc(-c2ccc(-c3[nH]c(=S)[nH]c(=O)c3C#N)cc2)cc1.Cc1ccc(-c2nc(SCC(=O)O)[nH]c(=O)c2C#N)cc1.N#Cc1c(-c2ccc(-c3ccccc3)cc2)nc(SCC(=O)O)[nH]c1=O. The van der Waals surface area contributed by atoms with Crippen molar-refractivity contribution in [3.05, 3.63) is 242 Å². The summed E-state index contributed by atoms with van der Waals surface area (Å²) in [5.41, 5.74) is 9.54. The monoisotopic (exact) mass is 1230 g/mol. The number of hydrogen-bond donors (Lipinski definition) is 8. The summed E-state index contributed by atoms with van der Waals surface area (Å²) in [6, 6.07) is 55.3. The summed E-state index contributed by atoms with van der Waals surface area (Å²) in [6.45, 7) is 5.94. The van der Waals surface area contributed by atoms with Gasteiger partial charge in [0.1, 0.15) is 46.5 Å². The van der Waals surface area contributed by atoms with Gasteiger partial charge in [0.05, 0.1) is 34.3 Å². The maximum Gasteiger partial charge on any atom is 0.313 e. The van der Waals surface area contributed by atoms with Crippen LogP contribution < -0.4 is 22.2 Å². The summed E-state index contributed by atoms with van der Waals surface area (Å²) in [5.74, 6) is -2.48. The van der Waals surface area contributed by atoms with Gasteiger partial charge in [-0.25, -0.2) is 9.97 Å². The Balaban J connectivity index is 0.000000167. The molecule has 8 N–H and O–H groups in total.